The molecule has 0 atom stereocenters. The fourth-order valence-electron chi connectivity index (χ4n) is 3.21. The lowest BCUT2D eigenvalue weighted by Gasteiger charge is -2.29. The Morgan fingerprint density at radius 1 is 1.23 bits per heavy atom. The zero-order valence-electron chi connectivity index (χ0n) is 14.4. The van der Waals surface area contributed by atoms with Gasteiger partial charge in [0.15, 0.2) is 16.5 Å². The van der Waals surface area contributed by atoms with E-state index in [9.17, 15) is 8.42 Å². The molecule has 0 saturated carbocycles. The molecule has 0 unspecified atom stereocenters. The van der Waals surface area contributed by atoms with E-state index in [0.717, 1.165) is 10.0 Å². The molecular weight excluding hydrogens is 376 g/mol. The second-order valence-corrected chi connectivity index (χ2v) is 9.14. The van der Waals surface area contributed by atoms with Crippen molar-refractivity contribution in [3.05, 3.63) is 34.9 Å². The van der Waals surface area contributed by atoms with E-state index in [2.05, 4.69) is 15.4 Å². The normalized spacial score (nSPS) is 17.0. The Labute approximate surface area is 154 Å². The third kappa shape index (κ3) is 2.97. The van der Waals surface area contributed by atoms with E-state index in [1.54, 1.807) is 20.1 Å². The van der Waals surface area contributed by atoms with Gasteiger partial charge in [-0.3, -0.25) is 0 Å². The fourth-order valence-corrected chi connectivity index (χ4v) is 5.96. The molecule has 138 valence electrons. The quantitative estimate of drug-likeness (QED) is 0.670. The monoisotopic (exact) mass is 394 g/mol. The second kappa shape index (κ2) is 6.60. The van der Waals surface area contributed by atoms with E-state index in [4.69, 9.17) is 8.94 Å². The fraction of sp³-hybridized carbons (Fsp3) is 0.438. The SMILES string of the molecule is Cc1noc(C)c1S(=O)(=O)N1CCC(c2nnc(-c3ccco3)s2)CC1. The molecule has 0 radical (unpaired) electrons. The summed E-state index contributed by atoms with van der Waals surface area (Å²) in [5.41, 5.74) is 0.400. The number of hydrogen-bond donors (Lipinski definition) is 0. The highest BCUT2D eigenvalue weighted by atomic mass is 32.2. The highest BCUT2D eigenvalue weighted by Crippen LogP contribution is 2.35. The molecule has 0 N–H and O–H groups in total. The number of aryl methyl sites for hydroxylation is 2. The molecule has 1 fully saturated rings. The number of piperidine rings is 1. The lowest BCUT2D eigenvalue weighted by atomic mass is 9.99. The number of sulfonamides is 1. The number of furan rings is 1. The molecule has 0 amide bonds. The van der Waals surface area contributed by atoms with Crippen molar-refractivity contribution in [2.75, 3.05) is 13.1 Å². The van der Waals surface area contributed by atoms with E-state index in [1.165, 1.54) is 15.6 Å². The van der Waals surface area contributed by atoms with Crippen molar-refractivity contribution in [3.8, 4) is 10.8 Å². The maximum absolute atomic E-state index is 12.9. The van der Waals surface area contributed by atoms with Crippen LogP contribution in [-0.2, 0) is 10.0 Å². The largest absolute Gasteiger partial charge is 0.462 e. The van der Waals surface area contributed by atoms with Crippen LogP contribution in [0.4, 0.5) is 0 Å². The molecule has 0 spiro atoms. The zero-order valence-corrected chi connectivity index (χ0v) is 16.0. The Morgan fingerprint density at radius 2 is 2.00 bits per heavy atom. The molecule has 3 aromatic heterocycles. The standard InChI is InChI=1S/C16H18N4O4S2/c1-10-14(11(2)24-19-10)26(21,22)20-7-5-12(6-8-20)15-17-18-16(25-15)13-4-3-9-23-13/h3-4,9,12H,5-8H2,1-2H3. The molecule has 4 rings (SSSR count). The molecule has 0 aliphatic carbocycles. The minimum atomic E-state index is -3.59. The van der Waals surface area contributed by atoms with Crippen molar-refractivity contribution >= 4 is 21.4 Å². The lowest BCUT2D eigenvalue weighted by molar-refractivity contribution is 0.317. The van der Waals surface area contributed by atoms with Gasteiger partial charge in [0.25, 0.3) is 0 Å². The van der Waals surface area contributed by atoms with Gasteiger partial charge in [0.2, 0.25) is 10.0 Å². The highest BCUT2D eigenvalue weighted by molar-refractivity contribution is 7.89. The summed E-state index contributed by atoms with van der Waals surface area (Å²) >= 11 is 1.50. The Balaban J connectivity index is 1.48. The summed E-state index contributed by atoms with van der Waals surface area (Å²) in [6, 6.07) is 3.66. The Hall–Kier alpha value is -2.04. The number of nitrogens with zero attached hydrogens (tertiary/aromatic N) is 4. The molecule has 1 saturated heterocycles. The molecule has 10 heteroatoms. The molecule has 8 nitrogen and oxygen atoms in total. The Kier molecular flexibility index (Phi) is 4.41. The highest BCUT2D eigenvalue weighted by Gasteiger charge is 2.35. The molecule has 4 heterocycles. The van der Waals surface area contributed by atoms with E-state index in [0.29, 0.717) is 43.1 Å². The first-order valence-corrected chi connectivity index (χ1v) is 10.5. The van der Waals surface area contributed by atoms with Crippen LogP contribution in [0.2, 0.25) is 0 Å². The number of hydrogen-bond acceptors (Lipinski definition) is 8. The maximum atomic E-state index is 12.9. The van der Waals surface area contributed by atoms with Gasteiger partial charge in [-0.15, -0.1) is 10.2 Å². The van der Waals surface area contributed by atoms with Crippen molar-refractivity contribution in [1.82, 2.24) is 19.7 Å². The van der Waals surface area contributed by atoms with Gasteiger partial charge in [-0.25, -0.2) is 8.42 Å². The summed E-state index contributed by atoms with van der Waals surface area (Å²) in [5.74, 6) is 1.23. The molecule has 1 aliphatic rings. The van der Waals surface area contributed by atoms with Gasteiger partial charge in [-0.05, 0) is 38.8 Å². The molecule has 3 aromatic rings. The van der Waals surface area contributed by atoms with Crippen molar-refractivity contribution in [2.24, 2.45) is 0 Å². The second-order valence-electron chi connectivity index (χ2n) is 6.25. The first-order chi connectivity index (χ1) is 12.5. The van der Waals surface area contributed by atoms with Crippen LogP contribution in [0.25, 0.3) is 10.8 Å². The van der Waals surface area contributed by atoms with Crippen LogP contribution in [0.3, 0.4) is 0 Å². The molecular formula is C16H18N4O4S2. The number of aromatic nitrogens is 3. The predicted octanol–water partition coefficient (Wildman–Crippen LogP) is 2.97. The molecule has 0 aromatic carbocycles. The van der Waals surface area contributed by atoms with Gasteiger partial charge in [-0.1, -0.05) is 16.5 Å². The van der Waals surface area contributed by atoms with E-state index >= 15 is 0 Å². The van der Waals surface area contributed by atoms with Crippen LogP contribution in [-0.4, -0.2) is 41.2 Å². The van der Waals surface area contributed by atoms with Crippen molar-refractivity contribution in [1.29, 1.82) is 0 Å². The Morgan fingerprint density at radius 3 is 2.62 bits per heavy atom. The minimum absolute atomic E-state index is 0.187. The van der Waals surface area contributed by atoms with Crippen molar-refractivity contribution in [2.45, 2.75) is 37.5 Å². The van der Waals surface area contributed by atoms with Crippen LogP contribution in [0.5, 0.6) is 0 Å². The van der Waals surface area contributed by atoms with Gasteiger partial charge in [0, 0.05) is 19.0 Å². The van der Waals surface area contributed by atoms with Crippen molar-refractivity contribution < 1.29 is 17.4 Å². The molecule has 0 bridgehead atoms. The first kappa shape index (κ1) is 17.4. The summed E-state index contributed by atoms with van der Waals surface area (Å²) in [6.07, 6.45) is 3.01. The average Bonchev–Trinajstić information content (AvgIpc) is 3.35. The summed E-state index contributed by atoms with van der Waals surface area (Å²) in [5, 5.41) is 13.9. The molecule has 26 heavy (non-hydrogen) atoms. The van der Waals surface area contributed by atoms with Gasteiger partial charge in [0.1, 0.15) is 15.6 Å². The predicted molar refractivity (Wildman–Crippen MR) is 94.3 cm³/mol. The van der Waals surface area contributed by atoms with Gasteiger partial charge < -0.3 is 8.94 Å². The van der Waals surface area contributed by atoms with Crippen LogP contribution < -0.4 is 0 Å². The summed E-state index contributed by atoms with van der Waals surface area (Å²) in [6.45, 7) is 4.14. The summed E-state index contributed by atoms with van der Waals surface area (Å²) in [7, 11) is -3.59. The van der Waals surface area contributed by atoms with Gasteiger partial charge >= 0.3 is 0 Å². The topological polar surface area (TPSA) is 102 Å². The smallest absolute Gasteiger partial charge is 0.248 e. The summed E-state index contributed by atoms with van der Waals surface area (Å²) in [4.78, 5) is 0.187. The average molecular weight is 394 g/mol. The van der Waals surface area contributed by atoms with Crippen LogP contribution in [0.15, 0.2) is 32.2 Å². The third-order valence-electron chi connectivity index (χ3n) is 4.54. The van der Waals surface area contributed by atoms with Gasteiger partial charge in [-0.2, -0.15) is 4.31 Å². The maximum Gasteiger partial charge on any atom is 0.248 e. The first-order valence-electron chi connectivity index (χ1n) is 8.27. The van der Waals surface area contributed by atoms with Crippen LogP contribution in [0, 0.1) is 13.8 Å². The van der Waals surface area contributed by atoms with Crippen LogP contribution in [0.1, 0.15) is 35.2 Å². The van der Waals surface area contributed by atoms with E-state index < -0.39 is 10.0 Å². The molecule has 1 aliphatic heterocycles. The summed E-state index contributed by atoms with van der Waals surface area (Å²) < 4.78 is 37.6. The Bertz CT molecular complexity index is 980. The van der Waals surface area contributed by atoms with Crippen LogP contribution >= 0.6 is 11.3 Å². The van der Waals surface area contributed by atoms with E-state index in [-0.39, 0.29) is 10.8 Å². The zero-order chi connectivity index (χ0) is 18.3. The van der Waals surface area contributed by atoms with E-state index in [1.807, 2.05) is 12.1 Å². The lowest BCUT2D eigenvalue weighted by Crippen LogP contribution is -2.38. The minimum Gasteiger partial charge on any atom is -0.462 e. The van der Waals surface area contributed by atoms with Gasteiger partial charge in [0.05, 0.1) is 6.26 Å². The third-order valence-corrected chi connectivity index (χ3v) is 7.79. The van der Waals surface area contributed by atoms with Crippen molar-refractivity contribution in [3.63, 3.8) is 0 Å². The number of rotatable bonds is 4.